The maximum absolute atomic E-state index is 12.0. The third-order valence-electron chi connectivity index (χ3n) is 4.87. The first kappa shape index (κ1) is 13.4. The van der Waals surface area contributed by atoms with Crippen LogP contribution in [0.2, 0.25) is 0 Å². The van der Waals surface area contributed by atoms with Gasteiger partial charge in [-0.25, -0.2) is 0 Å². The fraction of sp³-hybridized carbons (Fsp3) is 0.933. The molecule has 2 N–H and O–H groups in total. The number of amides is 1. The van der Waals surface area contributed by atoms with Gasteiger partial charge in [-0.1, -0.05) is 32.1 Å². The van der Waals surface area contributed by atoms with Gasteiger partial charge in [0.25, 0.3) is 0 Å². The van der Waals surface area contributed by atoms with Crippen molar-refractivity contribution in [1.82, 2.24) is 10.6 Å². The summed E-state index contributed by atoms with van der Waals surface area (Å²) in [4.78, 5) is 12.0. The van der Waals surface area contributed by atoms with Crippen molar-refractivity contribution in [2.24, 2.45) is 11.8 Å². The Kier molecular flexibility index (Phi) is 4.38. The molecular formula is C15H26N2O2. The zero-order chi connectivity index (χ0) is 13.1. The van der Waals surface area contributed by atoms with E-state index >= 15 is 0 Å². The lowest BCUT2D eigenvalue weighted by Crippen LogP contribution is -2.44. The number of rotatable bonds is 4. The molecule has 3 aliphatic rings. The molecule has 1 amide bonds. The van der Waals surface area contributed by atoms with Gasteiger partial charge in [0.15, 0.2) is 0 Å². The molecule has 19 heavy (non-hydrogen) atoms. The summed E-state index contributed by atoms with van der Waals surface area (Å²) in [6.07, 6.45) is 8.74. The molecule has 0 radical (unpaired) electrons. The van der Waals surface area contributed by atoms with Crippen LogP contribution in [0.5, 0.6) is 0 Å². The Balaban J connectivity index is 1.36. The first-order chi connectivity index (χ1) is 9.33. The first-order valence-electron chi connectivity index (χ1n) is 7.93. The van der Waals surface area contributed by atoms with Gasteiger partial charge in [-0.3, -0.25) is 4.79 Å². The topological polar surface area (TPSA) is 50.4 Å². The highest BCUT2D eigenvalue weighted by Crippen LogP contribution is 2.44. The fourth-order valence-corrected chi connectivity index (χ4v) is 3.70. The SMILES string of the molecule is O=C(CC1COCCN1)NC1CC1C1CCCCC1. The van der Waals surface area contributed by atoms with Gasteiger partial charge in [0.2, 0.25) is 5.91 Å². The molecule has 4 nitrogen and oxygen atoms in total. The molecule has 3 fully saturated rings. The summed E-state index contributed by atoms with van der Waals surface area (Å²) in [6.45, 7) is 2.31. The lowest BCUT2D eigenvalue weighted by atomic mass is 9.85. The first-order valence-corrected chi connectivity index (χ1v) is 7.93. The van der Waals surface area contributed by atoms with Crippen molar-refractivity contribution < 1.29 is 9.53 Å². The van der Waals surface area contributed by atoms with Crippen LogP contribution in [0, 0.1) is 11.8 Å². The highest BCUT2D eigenvalue weighted by atomic mass is 16.5. The molecule has 2 saturated carbocycles. The summed E-state index contributed by atoms with van der Waals surface area (Å²) in [7, 11) is 0. The molecule has 0 aromatic carbocycles. The Morgan fingerprint density at radius 2 is 2.11 bits per heavy atom. The summed E-state index contributed by atoms with van der Waals surface area (Å²) in [6, 6.07) is 0.681. The minimum Gasteiger partial charge on any atom is -0.378 e. The maximum Gasteiger partial charge on any atom is 0.221 e. The smallest absolute Gasteiger partial charge is 0.221 e. The highest BCUT2D eigenvalue weighted by Gasteiger charge is 2.43. The summed E-state index contributed by atoms with van der Waals surface area (Å²) in [5.74, 6) is 1.86. The third-order valence-corrected chi connectivity index (χ3v) is 4.87. The number of morpholine rings is 1. The standard InChI is InChI=1S/C15H26N2O2/c18-15(8-12-10-19-7-6-16-12)17-14-9-13(14)11-4-2-1-3-5-11/h11-14,16H,1-10H2,(H,17,18). The second-order valence-electron chi connectivity index (χ2n) is 6.40. The third kappa shape index (κ3) is 3.69. The van der Waals surface area contributed by atoms with E-state index in [1.807, 2.05) is 0 Å². The predicted molar refractivity (Wildman–Crippen MR) is 73.8 cm³/mol. The van der Waals surface area contributed by atoms with Crippen molar-refractivity contribution >= 4 is 5.91 Å². The van der Waals surface area contributed by atoms with Gasteiger partial charge in [0.05, 0.1) is 13.2 Å². The van der Waals surface area contributed by atoms with Crippen LogP contribution >= 0.6 is 0 Å². The average Bonchev–Trinajstić information content (AvgIpc) is 3.20. The molecule has 1 heterocycles. The van der Waals surface area contributed by atoms with Gasteiger partial charge in [-0.15, -0.1) is 0 Å². The van der Waals surface area contributed by atoms with Crippen molar-refractivity contribution in [3.05, 3.63) is 0 Å². The largest absolute Gasteiger partial charge is 0.378 e. The molecule has 0 aromatic rings. The van der Waals surface area contributed by atoms with E-state index in [0.29, 0.717) is 19.1 Å². The number of carbonyl (C=O) groups excluding carboxylic acids is 1. The molecule has 3 rings (SSSR count). The predicted octanol–water partition coefficient (Wildman–Crippen LogP) is 1.45. The lowest BCUT2D eigenvalue weighted by Gasteiger charge is -2.24. The van der Waals surface area contributed by atoms with Crippen LogP contribution in [0.1, 0.15) is 44.9 Å². The molecule has 0 aromatic heterocycles. The number of hydrogen-bond donors (Lipinski definition) is 2. The molecule has 0 bridgehead atoms. The highest BCUT2D eigenvalue weighted by molar-refractivity contribution is 5.77. The second-order valence-corrected chi connectivity index (χ2v) is 6.40. The van der Waals surface area contributed by atoms with Gasteiger partial charge >= 0.3 is 0 Å². The summed E-state index contributed by atoms with van der Waals surface area (Å²) in [5, 5.41) is 6.55. The van der Waals surface area contributed by atoms with Crippen LogP contribution < -0.4 is 10.6 Å². The van der Waals surface area contributed by atoms with E-state index in [4.69, 9.17) is 4.74 Å². The van der Waals surface area contributed by atoms with Gasteiger partial charge < -0.3 is 15.4 Å². The quantitative estimate of drug-likeness (QED) is 0.810. The molecule has 1 aliphatic heterocycles. The monoisotopic (exact) mass is 266 g/mol. The number of ether oxygens (including phenoxy) is 1. The fourth-order valence-electron chi connectivity index (χ4n) is 3.70. The zero-order valence-corrected chi connectivity index (χ0v) is 11.7. The molecule has 0 spiro atoms. The number of hydrogen-bond acceptors (Lipinski definition) is 3. The van der Waals surface area contributed by atoms with Crippen LogP contribution in [0.3, 0.4) is 0 Å². The Bertz CT molecular complexity index is 309. The van der Waals surface area contributed by atoms with Crippen molar-refractivity contribution in [3.8, 4) is 0 Å². The van der Waals surface area contributed by atoms with Crippen LogP contribution in [-0.4, -0.2) is 37.7 Å². The Morgan fingerprint density at radius 1 is 1.26 bits per heavy atom. The molecule has 108 valence electrons. The van der Waals surface area contributed by atoms with Crippen LogP contribution in [-0.2, 0) is 9.53 Å². The molecule has 3 atom stereocenters. The maximum atomic E-state index is 12.0. The summed E-state index contributed by atoms with van der Waals surface area (Å²) in [5.41, 5.74) is 0. The van der Waals surface area contributed by atoms with E-state index < -0.39 is 0 Å². The van der Waals surface area contributed by atoms with Crippen molar-refractivity contribution in [3.63, 3.8) is 0 Å². The van der Waals surface area contributed by atoms with Crippen molar-refractivity contribution in [2.75, 3.05) is 19.8 Å². The van der Waals surface area contributed by atoms with E-state index in [1.165, 1.54) is 38.5 Å². The minimum atomic E-state index is 0.200. The number of carbonyl (C=O) groups is 1. The van der Waals surface area contributed by atoms with E-state index in [0.717, 1.165) is 25.0 Å². The van der Waals surface area contributed by atoms with Crippen LogP contribution in [0.4, 0.5) is 0 Å². The van der Waals surface area contributed by atoms with Gasteiger partial charge in [-0.2, -0.15) is 0 Å². The van der Waals surface area contributed by atoms with Gasteiger partial charge in [0.1, 0.15) is 0 Å². The van der Waals surface area contributed by atoms with Crippen molar-refractivity contribution in [2.45, 2.75) is 57.0 Å². The Morgan fingerprint density at radius 3 is 2.84 bits per heavy atom. The zero-order valence-electron chi connectivity index (χ0n) is 11.7. The number of nitrogens with one attached hydrogen (secondary N) is 2. The summed E-state index contributed by atoms with van der Waals surface area (Å²) >= 11 is 0. The minimum absolute atomic E-state index is 0.200. The van der Waals surface area contributed by atoms with E-state index in [-0.39, 0.29) is 11.9 Å². The Labute approximate surface area is 115 Å². The molecule has 3 unspecified atom stereocenters. The van der Waals surface area contributed by atoms with Crippen molar-refractivity contribution in [1.29, 1.82) is 0 Å². The van der Waals surface area contributed by atoms with Crippen LogP contribution in [0.15, 0.2) is 0 Å². The van der Waals surface area contributed by atoms with E-state index in [2.05, 4.69) is 10.6 Å². The summed E-state index contributed by atoms with van der Waals surface area (Å²) < 4.78 is 5.38. The van der Waals surface area contributed by atoms with Gasteiger partial charge in [0, 0.05) is 25.0 Å². The molecule has 2 aliphatic carbocycles. The van der Waals surface area contributed by atoms with E-state index in [1.54, 1.807) is 0 Å². The Hall–Kier alpha value is -0.610. The average molecular weight is 266 g/mol. The molecule has 1 saturated heterocycles. The molecule has 4 heteroatoms. The molecular weight excluding hydrogens is 240 g/mol. The second kappa shape index (κ2) is 6.23. The van der Waals surface area contributed by atoms with Gasteiger partial charge in [-0.05, 0) is 18.3 Å². The lowest BCUT2D eigenvalue weighted by molar-refractivity contribution is -0.122. The van der Waals surface area contributed by atoms with Crippen LogP contribution in [0.25, 0.3) is 0 Å². The normalized spacial score (nSPS) is 35.9. The van der Waals surface area contributed by atoms with E-state index in [9.17, 15) is 4.79 Å².